The Morgan fingerprint density at radius 2 is 1.64 bits per heavy atom. The zero-order valence-electron chi connectivity index (χ0n) is 25.3. The fraction of sp³-hybridized carbons (Fsp3) is 0.394. The predicted molar refractivity (Wildman–Crippen MR) is 168 cm³/mol. The van der Waals surface area contributed by atoms with Crippen molar-refractivity contribution >= 4 is 23.7 Å². The van der Waals surface area contributed by atoms with Crippen LogP contribution in [0, 0.1) is 6.92 Å². The van der Waals surface area contributed by atoms with Gasteiger partial charge >= 0.3 is 12.2 Å². The van der Waals surface area contributed by atoms with Gasteiger partial charge in [-0.25, -0.2) is 4.79 Å². The van der Waals surface area contributed by atoms with Crippen molar-refractivity contribution in [3.05, 3.63) is 107 Å². The third-order valence-electron chi connectivity index (χ3n) is 7.93. The lowest BCUT2D eigenvalue weighted by molar-refractivity contribution is -0.146. The molecule has 1 aliphatic rings. The number of carbonyl (C=O) groups excluding carboxylic acids is 2. The van der Waals surface area contributed by atoms with Crippen LogP contribution in [0.25, 0.3) is 0 Å². The Hall–Kier alpha value is -3.58. The number of aliphatic hydroxyl groups is 2. The first-order valence-corrected chi connectivity index (χ1v) is 15.6. The molecule has 3 unspecified atom stereocenters. The summed E-state index contributed by atoms with van der Waals surface area (Å²) in [5.74, 6) is -0.440. The molecule has 4 rings (SSSR count). The molecule has 242 valence electrons. The fourth-order valence-electron chi connectivity index (χ4n) is 5.37. The van der Waals surface area contributed by atoms with Crippen molar-refractivity contribution in [3.8, 4) is 0 Å². The molecule has 1 heterocycles. The van der Waals surface area contributed by atoms with E-state index in [1.54, 1.807) is 24.3 Å². The van der Waals surface area contributed by atoms with Gasteiger partial charge in [-0.3, -0.25) is 10.1 Å². The lowest BCUT2D eigenvalue weighted by Crippen LogP contribution is -2.60. The number of nitrogens with zero attached hydrogens (tertiary/aromatic N) is 1. The average molecular weight is 645 g/mol. The molecular formula is C33H39F3N4O4S. The molecular weight excluding hydrogens is 605 g/mol. The van der Waals surface area contributed by atoms with E-state index < -0.39 is 52.8 Å². The van der Waals surface area contributed by atoms with E-state index in [0.717, 1.165) is 28.8 Å². The van der Waals surface area contributed by atoms with Crippen LogP contribution in [0.5, 0.6) is 0 Å². The second kappa shape index (κ2) is 14.7. The van der Waals surface area contributed by atoms with Gasteiger partial charge in [0.15, 0.2) is 6.10 Å². The van der Waals surface area contributed by atoms with Crippen molar-refractivity contribution < 1.29 is 33.0 Å². The second-order valence-corrected chi connectivity index (χ2v) is 13.2. The first kappa shape index (κ1) is 34.3. The van der Waals surface area contributed by atoms with E-state index >= 15 is 0 Å². The molecule has 45 heavy (non-hydrogen) atoms. The van der Waals surface area contributed by atoms with Gasteiger partial charge < -0.3 is 25.7 Å². The first-order valence-electron chi connectivity index (χ1n) is 14.6. The van der Waals surface area contributed by atoms with Gasteiger partial charge in [0.1, 0.15) is 6.23 Å². The van der Waals surface area contributed by atoms with E-state index in [2.05, 4.69) is 16.0 Å². The van der Waals surface area contributed by atoms with Crippen molar-refractivity contribution in [2.45, 2.75) is 75.6 Å². The maximum Gasteiger partial charge on any atom is 0.416 e. The van der Waals surface area contributed by atoms with Crippen LogP contribution in [-0.2, 0) is 30.5 Å². The number of rotatable bonds is 11. The van der Waals surface area contributed by atoms with Crippen LogP contribution < -0.4 is 16.0 Å². The highest BCUT2D eigenvalue weighted by Gasteiger charge is 2.49. The molecule has 4 atom stereocenters. The highest BCUT2D eigenvalue weighted by Crippen LogP contribution is 2.41. The van der Waals surface area contributed by atoms with Gasteiger partial charge in [0.05, 0.1) is 23.5 Å². The van der Waals surface area contributed by atoms with Crippen molar-refractivity contribution in [3.63, 3.8) is 0 Å². The number of nitrogens with one attached hydrogen (secondary N) is 3. The van der Waals surface area contributed by atoms with E-state index in [1.165, 1.54) is 28.8 Å². The smallest absolute Gasteiger partial charge is 0.381 e. The maximum absolute atomic E-state index is 13.8. The van der Waals surface area contributed by atoms with Gasteiger partial charge in [0, 0.05) is 17.8 Å². The molecule has 1 saturated heterocycles. The van der Waals surface area contributed by atoms with E-state index in [-0.39, 0.29) is 24.4 Å². The third-order valence-corrected chi connectivity index (χ3v) is 9.32. The highest BCUT2D eigenvalue weighted by atomic mass is 32.2. The van der Waals surface area contributed by atoms with Crippen molar-refractivity contribution in [1.29, 1.82) is 0 Å². The number of hydrogen-bond donors (Lipinski definition) is 5. The normalized spacial score (nSPS) is 18.2. The number of alkyl halides is 3. The minimum absolute atomic E-state index is 0.105. The topological polar surface area (TPSA) is 114 Å². The third kappa shape index (κ3) is 9.00. The Morgan fingerprint density at radius 3 is 2.33 bits per heavy atom. The van der Waals surface area contributed by atoms with Crippen LogP contribution in [0.4, 0.5) is 18.0 Å². The zero-order valence-corrected chi connectivity index (χ0v) is 26.2. The molecule has 0 bridgehead atoms. The number of carbonyl (C=O) groups is 2. The molecule has 0 radical (unpaired) electrons. The van der Waals surface area contributed by atoms with E-state index in [9.17, 15) is 33.0 Å². The maximum atomic E-state index is 13.8. The van der Waals surface area contributed by atoms with Crippen molar-refractivity contribution in [1.82, 2.24) is 20.9 Å². The number of hydrogen-bond acceptors (Lipinski definition) is 6. The lowest BCUT2D eigenvalue weighted by atomic mass is 9.96. The molecule has 0 saturated carbocycles. The quantitative estimate of drug-likeness (QED) is 0.196. The Bertz CT molecular complexity index is 1460. The van der Waals surface area contributed by atoms with Gasteiger partial charge in [-0.05, 0) is 61.6 Å². The number of urea groups is 1. The Labute approximate surface area is 265 Å². The van der Waals surface area contributed by atoms with Crippen molar-refractivity contribution in [2.75, 3.05) is 5.88 Å². The summed E-state index contributed by atoms with van der Waals surface area (Å²) in [6, 6.07) is 18.8. The first-order chi connectivity index (χ1) is 21.3. The molecule has 1 fully saturated rings. The molecule has 12 heteroatoms. The van der Waals surface area contributed by atoms with Crippen LogP contribution in [0.15, 0.2) is 78.9 Å². The molecule has 8 nitrogen and oxygen atoms in total. The molecule has 1 aliphatic heterocycles. The molecule has 3 aromatic carbocycles. The predicted octanol–water partition coefficient (Wildman–Crippen LogP) is 4.57. The lowest BCUT2D eigenvalue weighted by Gasteiger charge is -2.37. The minimum Gasteiger partial charge on any atom is -0.381 e. The summed E-state index contributed by atoms with van der Waals surface area (Å²) < 4.78 is 38.8. The number of aryl methyl sites for hydroxylation is 1. The summed E-state index contributed by atoms with van der Waals surface area (Å²) in [5.41, 5.74) is 2.22. The summed E-state index contributed by atoms with van der Waals surface area (Å²) in [4.78, 5) is 28.2. The summed E-state index contributed by atoms with van der Waals surface area (Å²) >= 11 is 1.47. The summed E-state index contributed by atoms with van der Waals surface area (Å²) in [7, 11) is 0. The van der Waals surface area contributed by atoms with Crippen LogP contribution in [0.3, 0.4) is 0 Å². The Kier molecular flexibility index (Phi) is 11.2. The Morgan fingerprint density at radius 1 is 0.978 bits per heavy atom. The zero-order chi connectivity index (χ0) is 32.8. The highest BCUT2D eigenvalue weighted by molar-refractivity contribution is 8.00. The fourth-order valence-corrected chi connectivity index (χ4v) is 6.56. The number of benzene rings is 3. The van der Waals surface area contributed by atoms with Crippen molar-refractivity contribution in [2.24, 2.45) is 0 Å². The number of halogens is 3. The van der Waals surface area contributed by atoms with E-state index in [0.29, 0.717) is 6.54 Å². The summed E-state index contributed by atoms with van der Waals surface area (Å²) in [6.07, 6.45) is -7.20. The average Bonchev–Trinajstić information content (AvgIpc) is 3.33. The summed E-state index contributed by atoms with van der Waals surface area (Å²) in [5, 5.41) is 31.0. The monoisotopic (exact) mass is 644 g/mol. The molecule has 5 N–H and O–H groups in total. The summed E-state index contributed by atoms with van der Waals surface area (Å²) in [6.45, 7) is 5.99. The number of aliphatic hydroxyl groups excluding tert-OH is 2. The molecule has 3 amide bonds. The SMILES string of the molecule is Cc1ccccc1CNC(O)[C@H]1N(C(=O)C(O)C(Cc2ccccc2)NC(=O)NCc2cccc(C(F)(F)F)c2)CSC1(C)C. The van der Waals surface area contributed by atoms with Crippen LogP contribution >= 0.6 is 11.8 Å². The van der Waals surface area contributed by atoms with Crippen LogP contribution in [0.2, 0.25) is 0 Å². The molecule has 0 aliphatic carbocycles. The Balaban J connectivity index is 1.47. The largest absolute Gasteiger partial charge is 0.416 e. The van der Waals surface area contributed by atoms with E-state index in [1.807, 2.05) is 51.1 Å². The molecule has 3 aromatic rings. The van der Waals surface area contributed by atoms with Gasteiger partial charge in [0.25, 0.3) is 5.91 Å². The minimum atomic E-state index is -4.52. The second-order valence-electron chi connectivity index (χ2n) is 11.6. The van der Waals surface area contributed by atoms with E-state index in [4.69, 9.17) is 0 Å². The van der Waals surface area contributed by atoms with Crippen LogP contribution in [-0.4, -0.2) is 62.1 Å². The molecule has 0 aromatic heterocycles. The molecule has 0 spiro atoms. The van der Waals surface area contributed by atoms with Gasteiger partial charge in [-0.15, -0.1) is 11.8 Å². The van der Waals surface area contributed by atoms with Gasteiger partial charge in [-0.2, -0.15) is 13.2 Å². The number of thioether (sulfide) groups is 1. The van der Waals surface area contributed by atoms with Crippen LogP contribution in [0.1, 0.15) is 41.7 Å². The van der Waals surface area contributed by atoms with Gasteiger partial charge in [-0.1, -0.05) is 66.7 Å². The standard InChI is InChI=1S/C33H39F3N4O4S/c1-21-10-7-8-14-24(21)19-37-29(42)28-32(2,3)45-20-40(28)30(43)27(41)26(17-22-11-5-4-6-12-22)39-31(44)38-18-23-13-9-15-25(16-23)33(34,35)36/h4-16,26-29,37,41-42H,17-20H2,1-3H3,(H2,38,39,44)/t26?,27?,28-,29?/m1/s1. The number of amides is 3. The van der Waals surface area contributed by atoms with Gasteiger partial charge in [0.2, 0.25) is 0 Å².